The summed E-state index contributed by atoms with van der Waals surface area (Å²) in [6, 6.07) is 0. The minimum absolute atomic E-state index is 0.0978. The molecule has 1 saturated carbocycles. The van der Waals surface area contributed by atoms with Gasteiger partial charge in [0.2, 0.25) is 0 Å². The fraction of sp³-hybridized carbons (Fsp3) is 0.538. The smallest absolute Gasteiger partial charge is 0.0571 e. The SMILES string of the molecule is C=C1C=CC(C2CC[C@@H](O)[C@H]2C)=CC1. The maximum atomic E-state index is 9.68. The maximum absolute atomic E-state index is 9.68. The molecular weight excluding hydrogens is 172 g/mol. The maximum Gasteiger partial charge on any atom is 0.0571 e. The van der Waals surface area contributed by atoms with E-state index in [0.717, 1.165) is 19.3 Å². The van der Waals surface area contributed by atoms with E-state index in [4.69, 9.17) is 0 Å². The number of aliphatic hydroxyl groups excluding tert-OH is 1. The van der Waals surface area contributed by atoms with Crippen molar-refractivity contribution in [3.8, 4) is 0 Å². The fourth-order valence-electron chi connectivity index (χ4n) is 2.49. The highest BCUT2D eigenvalue weighted by Crippen LogP contribution is 2.38. The highest BCUT2D eigenvalue weighted by molar-refractivity contribution is 5.36. The van der Waals surface area contributed by atoms with Crippen molar-refractivity contribution in [1.82, 2.24) is 0 Å². The van der Waals surface area contributed by atoms with Crippen molar-refractivity contribution in [3.63, 3.8) is 0 Å². The van der Waals surface area contributed by atoms with E-state index in [9.17, 15) is 5.11 Å². The van der Waals surface area contributed by atoms with Gasteiger partial charge in [-0.2, -0.15) is 0 Å². The molecule has 1 N–H and O–H groups in total. The highest BCUT2D eigenvalue weighted by atomic mass is 16.3. The molecule has 0 aromatic heterocycles. The Kier molecular flexibility index (Phi) is 2.60. The summed E-state index contributed by atoms with van der Waals surface area (Å²) in [5.41, 5.74) is 2.58. The molecule has 0 aromatic carbocycles. The molecule has 0 heterocycles. The molecule has 0 saturated heterocycles. The summed E-state index contributed by atoms with van der Waals surface area (Å²) in [6.45, 7) is 6.08. The second kappa shape index (κ2) is 3.74. The van der Waals surface area contributed by atoms with Gasteiger partial charge in [-0.1, -0.05) is 37.3 Å². The van der Waals surface area contributed by atoms with Gasteiger partial charge < -0.3 is 5.11 Å². The van der Waals surface area contributed by atoms with Gasteiger partial charge in [0.15, 0.2) is 0 Å². The van der Waals surface area contributed by atoms with Crippen molar-refractivity contribution < 1.29 is 5.11 Å². The average Bonchev–Trinajstić information content (AvgIpc) is 2.50. The molecule has 0 aliphatic heterocycles. The Labute approximate surface area is 85.8 Å². The molecule has 0 spiro atoms. The zero-order valence-electron chi connectivity index (χ0n) is 8.74. The van der Waals surface area contributed by atoms with Gasteiger partial charge in [0.05, 0.1) is 6.10 Å². The van der Waals surface area contributed by atoms with E-state index < -0.39 is 0 Å². The summed E-state index contributed by atoms with van der Waals surface area (Å²) >= 11 is 0. The highest BCUT2D eigenvalue weighted by Gasteiger charge is 2.32. The Morgan fingerprint density at radius 2 is 2.14 bits per heavy atom. The van der Waals surface area contributed by atoms with E-state index in [1.165, 1.54) is 11.1 Å². The van der Waals surface area contributed by atoms with Crippen LogP contribution in [0.25, 0.3) is 0 Å². The summed E-state index contributed by atoms with van der Waals surface area (Å²) in [5, 5.41) is 9.68. The fourth-order valence-corrected chi connectivity index (χ4v) is 2.49. The predicted octanol–water partition coefficient (Wildman–Crippen LogP) is 2.84. The first kappa shape index (κ1) is 9.72. The first-order chi connectivity index (χ1) is 6.68. The van der Waals surface area contributed by atoms with E-state index in [2.05, 4.69) is 31.7 Å². The second-order valence-electron chi connectivity index (χ2n) is 4.51. The van der Waals surface area contributed by atoms with E-state index in [-0.39, 0.29) is 6.10 Å². The summed E-state index contributed by atoms with van der Waals surface area (Å²) in [7, 11) is 0. The van der Waals surface area contributed by atoms with Gasteiger partial charge in [0, 0.05) is 0 Å². The standard InChI is InChI=1S/C13H18O/c1-9-3-5-11(6-4-9)12-7-8-13(14)10(12)2/h3,5-6,10,12-14H,1,4,7-8H2,2H3/t10-,12?,13+/m0/s1. The quantitative estimate of drug-likeness (QED) is 0.674. The van der Waals surface area contributed by atoms with Crippen LogP contribution < -0.4 is 0 Å². The number of aliphatic hydroxyl groups is 1. The summed E-state index contributed by atoms with van der Waals surface area (Å²) in [4.78, 5) is 0. The molecular formula is C13H18O. The molecule has 2 aliphatic carbocycles. The monoisotopic (exact) mass is 190 g/mol. The third-order valence-corrected chi connectivity index (χ3v) is 3.55. The van der Waals surface area contributed by atoms with Gasteiger partial charge in [0.25, 0.3) is 0 Å². The lowest BCUT2D eigenvalue weighted by Crippen LogP contribution is -2.16. The van der Waals surface area contributed by atoms with Crippen LogP contribution in [0.2, 0.25) is 0 Å². The van der Waals surface area contributed by atoms with Crippen LogP contribution >= 0.6 is 0 Å². The zero-order valence-corrected chi connectivity index (χ0v) is 8.74. The van der Waals surface area contributed by atoms with Gasteiger partial charge in [-0.25, -0.2) is 0 Å². The van der Waals surface area contributed by atoms with Crippen molar-refractivity contribution in [3.05, 3.63) is 36.0 Å². The van der Waals surface area contributed by atoms with Crippen LogP contribution in [0.4, 0.5) is 0 Å². The third-order valence-electron chi connectivity index (χ3n) is 3.55. The molecule has 3 atom stereocenters. The van der Waals surface area contributed by atoms with Crippen molar-refractivity contribution >= 4 is 0 Å². The van der Waals surface area contributed by atoms with Crippen LogP contribution in [0.3, 0.4) is 0 Å². The second-order valence-corrected chi connectivity index (χ2v) is 4.51. The van der Waals surface area contributed by atoms with Gasteiger partial charge >= 0.3 is 0 Å². The Bertz CT molecular complexity index is 298. The number of rotatable bonds is 1. The van der Waals surface area contributed by atoms with E-state index in [1.807, 2.05) is 0 Å². The topological polar surface area (TPSA) is 20.2 Å². The Balaban J connectivity index is 2.10. The molecule has 2 rings (SSSR count). The Morgan fingerprint density at radius 1 is 1.36 bits per heavy atom. The van der Waals surface area contributed by atoms with Crippen LogP contribution in [0.15, 0.2) is 36.0 Å². The minimum Gasteiger partial charge on any atom is -0.393 e. The van der Waals surface area contributed by atoms with Crippen molar-refractivity contribution in [2.24, 2.45) is 11.8 Å². The third kappa shape index (κ3) is 1.69. The van der Waals surface area contributed by atoms with Crippen molar-refractivity contribution in [1.29, 1.82) is 0 Å². The van der Waals surface area contributed by atoms with Gasteiger partial charge in [-0.3, -0.25) is 0 Å². The molecule has 0 aromatic rings. The number of hydrogen-bond donors (Lipinski definition) is 1. The average molecular weight is 190 g/mol. The molecule has 1 fully saturated rings. The predicted molar refractivity (Wildman–Crippen MR) is 58.9 cm³/mol. The summed E-state index contributed by atoms with van der Waals surface area (Å²) < 4.78 is 0. The number of allylic oxidation sites excluding steroid dienone is 5. The van der Waals surface area contributed by atoms with Crippen molar-refractivity contribution in [2.75, 3.05) is 0 Å². The first-order valence-electron chi connectivity index (χ1n) is 5.42. The summed E-state index contributed by atoms with van der Waals surface area (Å²) in [6.07, 6.45) is 9.51. The lowest BCUT2D eigenvalue weighted by atomic mass is 9.86. The molecule has 0 amide bonds. The van der Waals surface area contributed by atoms with Crippen LogP contribution in [0.5, 0.6) is 0 Å². The molecule has 76 valence electrons. The molecule has 1 heteroatoms. The normalized spacial score (nSPS) is 37.4. The van der Waals surface area contributed by atoms with Crippen molar-refractivity contribution in [2.45, 2.75) is 32.3 Å². The molecule has 14 heavy (non-hydrogen) atoms. The largest absolute Gasteiger partial charge is 0.393 e. The van der Waals surface area contributed by atoms with Gasteiger partial charge in [-0.15, -0.1) is 0 Å². The first-order valence-corrected chi connectivity index (χ1v) is 5.42. The summed E-state index contributed by atoms with van der Waals surface area (Å²) in [5.74, 6) is 0.978. The molecule has 1 nitrogen and oxygen atoms in total. The van der Waals surface area contributed by atoms with Crippen LogP contribution in [-0.2, 0) is 0 Å². The Morgan fingerprint density at radius 3 is 2.64 bits per heavy atom. The molecule has 0 radical (unpaired) electrons. The van der Waals surface area contributed by atoms with Gasteiger partial charge in [0.1, 0.15) is 0 Å². The van der Waals surface area contributed by atoms with Crippen LogP contribution in [0, 0.1) is 11.8 Å². The minimum atomic E-state index is -0.0978. The van der Waals surface area contributed by atoms with Gasteiger partial charge in [-0.05, 0) is 36.7 Å². The van der Waals surface area contributed by atoms with Crippen LogP contribution in [0.1, 0.15) is 26.2 Å². The zero-order chi connectivity index (χ0) is 10.1. The van der Waals surface area contributed by atoms with E-state index >= 15 is 0 Å². The van der Waals surface area contributed by atoms with Crippen LogP contribution in [-0.4, -0.2) is 11.2 Å². The lowest BCUT2D eigenvalue weighted by molar-refractivity contribution is 0.132. The molecule has 2 aliphatic rings. The number of hydrogen-bond acceptors (Lipinski definition) is 1. The lowest BCUT2D eigenvalue weighted by Gasteiger charge is -2.20. The Hall–Kier alpha value is -0.820. The molecule has 0 bridgehead atoms. The van der Waals surface area contributed by atoms with E-state index in [0.29, 0.717) is 11.8 Å². The van der Waals surface area contributed by atoms with E-state index in [1.54, 1.807) is 0 Å². The molecule has 1 unspecified atom stereocenters.